The highest BCUT2D eigenvalue weighted by Gasteiger charge is 2.18. The summed E-state index contributed by atoms with van der Waals surface area (Å²) in [5.41, 5.74) is 8.23. The maximum absolute atomic E-state index is 13.7. The Balaban J connectivity index is 2.46. The summed E-state index contributed by atoms with van der Waals surface area (Å²) in [6.45, 7) is 5.20. The van der Waals surface area contributed by atoms with Gasteiger partial charge in [-0.25, -0.2) is 12.8 Å². The molecule has 0 aliphatic rings. The van der Waals surface area contributed by atoms with Crippen molar-refractivity contribution in [2.24, 2.45) is 0 Å². The van der Waals surface area contributed by atoms with Gasteiger partial charge in [0.2, 0.25) is 0 Å². The Morgan fingerprint density at radius 3 is 2.38 bits per heavy atom. The molecule has 21 heavy (non-hydrogen) atoms. The maximum Gasteiger partial charge on any atom is 0.262 e. The molecule has 0 spiro atoms. The van der Waals surface area contributed by atoms with Crippen LogP contribution in [-0.4, -0.2) is 8.42 Å². The predicted molar refractivity (Wildman–Crippen MR) is 82.3 cm³/mol. The van der Waals surface area contributed by atoms with Crippen molar-refractivity contribution >= 4 is 21.4 Å². The van der Waals surface area contributed by atoms with E-state index in [9.17, 15) is 12.8 Å². The molecule has 0 saturated heterocycles. The third-order valence-electron chi connectivity index (χ3n) is 3.52. The minimum atomic E-state index is -3.88. The van der Waals surface area contributed by atoms with Crippen LogP contribution in [0.4, 0.5) is 15.8 Å². The summed E-state index contributed by atoms with van der Waals surface area (Å²) in [4.78, 5) is -0.191. The predicted octanol–water partition coefficient (Wildman–Crippen LogP) is 3.13. The van der Waals surface area contributed by atoms with Crippen molar-refractivity contribution in [3.05, 3.63) is 52.8 Å². The molecule has 0 radical (unpaired) electrons. The monoisotopic (exact) mass is 308 g/mol. The van der Waals surface area contributed by atoms with Crippen LogP contribution in [0.3, 0.4) is 0 Å². The summed E-state index contributed by atoms with van der Waals surface area (Å²) in [5.74, 6) is -0.642. The molecule has 0 unspecified atom stereocenters. The third kappa shape index (κ3) is 3.00. The van der Waals surface area contributed by atoms with Gasteiger partial charge in [0.25, 0.3) is 10.0 Å². The van der Waals surface area contributed by atoms with E-state index in [1.165, 1.54) is 13.0 Å². The fourth-order valence-corrected chi connectivity index (χ4v) is 3.06. The van der Waals surface area contributed by atoms with Crippen LogP contribution in [0.25, 0.3) is 0 Å². The number of nitrogens with two attached hydrogens (primary N) is 1. The zero-order chi connectivity index (χ0) is 15.8. The molecule has 0 amide bonds. The second-order valence-electron chi connectivity index (χ2n) is 4.97. The van der Waals surface area contributed by atoms with Gasteiger partial charge in [0.05, 0.1) is 10.6 Å². The van der Waals surface area contributed by atoms with E-state index >= 15 is 0 Å². The van der Waals surface area contributed by atoms with E-state index in [0.29, 0.717) is 5.69 Å². The maximum atomic E-state index is 13.7. The molecule has 0 heterocycles. The molecule has 0 fully saturated rings. The van der Waals surface area contributed by atoms with Crippen molar-refractivity contribution in [2.45, 2.75) is 25.7 Å². The fraction of sp³-hybridized carbons (Fsp3) is 0.200. The highest BCUT2D eigenvalue weighted by molar-refractivity contribution is 7.92. The summed E-state index contributed by atoms with van der Waals surface area (Å²) in [6, 6.07) is 7.53. The normalized spacial score (nSPS) is 11.4. The summed E-state index contributed by atoms with van der Waals surface area (Å²) < 4.78 is 40.8. The van der Waals surface area contributed by atoms with Crippen LogP contribution in [0.15, 0.2) is 35.2 Å². The number of benzene rings is 2. The van der Waals surface area contributed by atoms with Crippen LogP contribution in [0.2, 0.25) is 0 Å². The van der Waals surface area contributed by atoms with E-state index in [1.807, 2.05) is 19.9 Å². The molecule has 2 aromatic rings. The van der Waals surface area contributed by atoms with Gasteiger partial charge in [0.1, 0.15) is 5.82 Å². The summed E-state index contributed by atoms with van der Waals surface area (Å²) in [6.07, 6.45) is 0. The molecule has 0 aliphatic carbocycles. The van der Waals surface area contributed by atoms with Crippen LogP contribution < -0.4 is 10.5 Å². The Kier molecular flexibility index (Phi) is 3.91. The zero-order valence-electron chi connectivity index (χ0n) is 12.1. The van der Waals surface area contributed by atoms with Gasteiger partial charge in [0, 0.05) is 11.3 Å². The first-order valence-electron chi connectivity index (χ1n) is 6.37. The topological polar surface area (TPSA) is 72.2 Å². The van der Waals surface area contributed by atoms with Crippen LogP contribution in [-0.2, 0) is 10.0 Å². The number of halogens is 1. The number of rotatable bonds is 3. The second-order valence-corrected chi connectivity index (χ2v) is 6.65. The first-order chi connectivity index (χ1) is 9.72. The Hall–Kier alpha value is -2.08. The fourth-order valence-electron chi connectivity index (χ4n) is 1.89. The molecule has 0 bridgehead atoms. The van der Waals surface area contributed by atoms with Crippen molar-refractivity contribution in [1.29, 1.82) is 0 Å². The van der Waals surface area contributed by atoms with E-state index in [1.54, 1.807) is 12.1 Å². The Morgan fingerprint density at radius 1 is 1.10 bits per heavy atom. The van der Waals surface area contributed by atoms with Gasteiger partial charge in [-0.15, -0.1) is 0 Å². The molecule has 2 aromatic carbocycles. The van der Waals surface area contributed by atoms with Crippen molar-refractivity contribution in [2.75, 3.05) is 10.5 Å². The number of nitrogens with one attached hydrogen (secondary N) is 1. The number of anilines is 2. The molecule has 112 valence electrons. The van der Waals surface area contributed by atoms with Gasteiger partial charge in [-0.3, -0.25) is 4.72 Å². The molecule has 6 heteroatoms. The SMILES string of the molecule is Cc1cccc(NS(=O)(=O)c2cc(N)c(C)c(F)c2)c1C. The summed E-state index contributed by atoms with van der Waals surface area (Å²) >= 11 is 0. The van der Waals surface area contributed by atoms with Gasteiger partial charge >= 0.3 is 0 Å². The highest BCUT2D eigenvalue weighted by Crippen LogP contribution is 2.25. The van der Waals surface area contributed by atoms with E-state index in [4.69, 9.17) is 5.73 Å². The van der Waals surface area contributed by atoms with Gasteiger partial charge in [-0.2, -0.15) is 0 Å². The Bertz CT molecular complexity index is 778. The Labute approximate surface area is 123 Å². The lowest BCUT2D eigenvalue weighted by Gasteiger charge is -2.13. The van der Waals surface area contributed by atoms with E-state index in [0.717, 1.165) is 17.2 Å². The number of sulfonamides is 1. The number of aryl methyl sites for hydroxylation is 1. The van der Waals surface area contributed by atoms with Gasteiger partial charge in [0.15, 0.2) is 0 Å². The van der Waals surface area contributed by atoms with Crippen molar-refractivity contribution in [3.63, 3.8) is 0 Å². The summed E-state index contributed by atoms with van der Waals surface area (Å²) in [7, 11) is -3.88. The smallest absolute Gasteiger partial charge is 0.262 e. The lowest BCUT2D eigenvalue weighted by molar-refractivity contribution is 0.593. The van der Waals surface area contributed by atoms with Crippen LogP contribution in [0.5, 0.6) is 0 Å². The van der Waals surface area contributed by atoms with Crippen molar-refractivity contribution in [3.8, 4) is 0 Å². The van der Waals surface area contributed by atoms with Crippen molar-refractivity contribution in [1.82, 2.24) is 0 Å². The minimum Gasteiger partial charge on any atom is -0.398 e. The molecule has 0 saturated carbocycles. The molecule has 4 nitrogen and oxygen atoms in total. The lowest BCUT2D eigenvalue weighted by Crippen LogP contribution is -2.15. The molecule has 3 N–H and O–H groups in total. The molecule has 0 aliphatic heterocycles. The van der Waals surface area contributed by atoms with E-state index in [-0.39, 0.29) is 16.1 Å². The van der Waals surface area contributed by atoms with E-state index < -0.39 is 15.8 Å². The Morgan fingerprint density at radius 2 is 1.76 bits per heavy atom. The average Bonchev–Trinajstić information content (AvgIpc) is 2.40. The van der Waals surface area contributed by atoms with Crippen molar-refractivity contribution < 1.29 is 12.8 Å². The quantitative estimate of drug-likeness (QED) is 0.856. The third-order valence-corrected chi connectivity index (χ3v) is 4.86. The molecule has 0 aromatic heterocycles. The summed E-state index contributed by atoms with van der Waals surface area (Å²) in [5, 5.41) is 0. The first kappa shape index (κ1) is 15.3. The van der Waals surface area contributed by atoms with E-state index in [2.05, 4.69) is 4.72 Å². The first-order valence-corrected chi connectivity index (χ1v) is 7.85. The lowest BCUT2D eigenvalue weighted by atomic mass is 10.1. The molecular weight excluding hydrogens is 291 g/mol. The van der Waals surface area contributed by atoms with Crippen LogP contribution >= 0.6 is 0 Å². The molecule has 0 atom stereocenters. The number of hydrogen-bond donors (Lipinski definition) is 2. The van der Waals surface area contributed by atoms with Gasteiger partial charge in [-0.1, -0.05) is 12.1 Å². The second kappa shape index (κ2) is 5.37. The minimum absolute atomic E-state index is 0.108. The van der Waals surface area contributed by atoms with Crippen LogP contribution in [0.1, 0.15) is 16.7 Å². The van der Waals surface area contributed by atoms with Gasteiger partial charge < -0.3 is 5.73 Å². The standard InChI is InChI=1S/C15H17FN2O2S/c1-9-5-4-6-15(10(9)2)18-21(19,20)12-7-13(16)11(3)14(17)8-12/h4-8,18H,17H2,1-3H3. The average molecular weight is 308 g/mol. The zero-order valence-corrected chi connectivity index (χ0v) is 12.9. The molecule has 2 rings (SSSR count). The largest absolute Gasteiger partial charge is 0.398 e. The molecular formula is C15H17FN2O2S. The number of nitrogen functional groups attached to an aromatic ring is 1. The van der Waals surface area contributed by atoms with Crippen LogP contribution in [0, 0.1) is 26.6 Å². The number of hydrogen-bond acceptors (Lipinski definition) is 3. The van der Waals surface area contributed by atoms with Gasteiger partial charge in [-0.05, 0) is 50.1 Å². The highest BCUT2D eigenvalue weighted by atomic mass is 32.2.